The van der Waals surface area contributed by atoms with Gasteiger partial charge in [0.15, 0.2) is 5.82 Å². The van der Waals surface area contributed by atoms with Crippen LogP contribution in [0.25, 0.3) is 22.4 Å². The largest absolute Gasteiger partial charge is 0.453 e. The van der Waals surface area contributed by atoms with Crippen molar-refractivity contribution in [3.63, 3.8) is 0 Å². The highest BCUT2D eigenvalue weighted by molar-refractivity contribution is 5.83. The first-order valence-electron chi connectivity index (χ1n) is 10.7. The molecule has 2 aliphatic rings. The van der Waals surface area contributed by atoms with E-state index in [0.717, 1.165) is 35.7 Å². The molecule has 0 aliphatic carbocycles. The van der Waals surface area contributed by atoms with Crippen molar-refractivity contribution >= 4 is 17.0 Å². The summed E-state index contributed by atoms with van der Waals surface area (Å²) in [6, 6.07) is 6.29. The number of likely N-dealkylation sites (tertiary alicyclic amines) is 1. The third-order valence-corrected chi connectivity index (χ3v) is 6.32. The van der Waals surface area contributed by atoms with Crippen LogP contribution >= 0.6 is 0 Å². The minimum atomic E-state index is -0.284. The fourth-order valence-electron chi connectivity index (χ4n) is 4.59. The van der Waals surface area contributed by atoms with Gasteiger partial charge >= 0.3 is 6.09 Å². The molecule has 31 heavy (non-hydrogen) atoms. The van der Waals surface area contributed by atoms with Crippen molar-refractivity contribution < 1.29 is 18.8 Å². The molecule has 1 amide bonds. The van der Waals surface area contributed by atoms with E-state index in [2.05, 4.69) is 35.2 Å². The van der Waals surface area contributed by atoms with Crippen molar-refractivity contribution in [3.8, 4) is 11.5 Å². The Hall–Kier alpha value is -2.94. The number of carbonyl (C=O) groups excluding carboxylic acids is 1. The molecule has 0 spiro atoms. The van der Waals surface area contributed by atoms with E-state index in [1.807, 2.05) is 23.0 Å². The van der Waals surface area contributed by atoms with Crippen LogP contribution in [0.2, 0.25) is 0 Å². The first kappa shape index (κ1) is 20.0. The summed E-state index contributed by atoms with van der Waals surface area (Å²) in [6.07, 6.45) is 4.10. The number of nitrogens with zero attached hydrogens (tertiary/aromatic N) is 5. The predicted octanol–water partition coefficient (Wildman–Crippen LogP) is 3.77. The standard InChI is InChI=1S/C22H27N5O4/c1-22(2)11-17(13-30-22)27-18-10-15(4-5-16(18)12-23-27)20-24-19(25-31-20)14-6-8-26(9-7-14)21(28)29-3/h4-5,10,12,14,17H,6-9,11,13H2,1-3H3. The number of amides is 1. The lowest BCUT2D eigenvalue weighted by Gasteiger charge is -2.29. The maximum Gasteiger partial charge on any atom is 0.409 e. The summed E-state index contributed by atoms with van der Waals surface area (Å²) in [5.41, 5.74) is 1.78. The van der Waals surface area contributed by atoms with E-state index in [4.69, 9.17) is 14.0 Å². The lowest BCUT2D eigenvalue weighted by molar-refractivity contribution is 0.0351. The molecule has 0 N–H and O–H groups in total. The number of benzene rings is 1. The Labute approximate surface area is 180 Å². The predicted molar refractivity (Wildman–Crippen MR) is 113 cm³/mol. The van der Waals surface area contributed by atoms with Gasteiger partial charge in [-0.2, -0.15) is 10.1 Å². The zero-order valence-corrected chi connectivity index (χ0v) is 18.1. The van der Waals surface area contributed by atoms with Gasteiger partial charge in [0.25, 0.3) is 5.89 Å². The van der Waals surface area contributed by atoms with Crippen LogP contribution in [0.1, 0.15) is 50.9 Å². The van der Waals surface area contributed by atoms with Crippen LogP contribution in [-0.4, -0.2) is 63.3 Å². The van der Waals surface area contributed by atoms with Gasteiger partial charge in [-0.1, -0.05) is 11.2 Å². The quantitative estimate of drug-likeness (QED) is 0.630. The molecule has 164 valence electrons. The summed E-state index contributed by atoms with van der Waals surface area (Å²) < 4.78 is 18.4. The van der Waals surface area contributed by atoms with Crippen molar-refractivity contribution in [3.05, 3.63) is 30.2 Å². The maximum atomic E-state index is 11.7. The van der Waals surface area contributed by atoms with Gasteiger partial charge in [-0.25, -0.2) is 4.79 Å². The van der Waals surface area contributed by atoms with Crippen LogP contribution in [0.5, 0.6) is 0 Å². The van der Waals surface area contributed by atoms with E-state index in [-0.39, 0.29) is 23.7 Å². The number of methoxy groups -OCH3 is 1. The van der Waals surface area contributed by atoms with Gasteiger partial charge in [-0.15, -0.1) is 0 Å². The lowest BCUT2D eigenvalue weighted by Crippen LogP contribution is -2.37. The van der Waals surface area contributed by atoms with Crippen LogP contribution in [0.4, 0.5) is 4.79 Å². The Morgan fingerprint density at radius 1 is 1.26 bits per heavy atom. The van der Waals surface area contributed by atoms with Crippen molar-refractivity contribution in [1.29, 1.82) is 0 Å². The van der Waals surface area contributed by atoms with E-state index in [1.54, 1.807) is 4.90 Å². The van der Waals surface area contributed by atoms with Gasteiger partial charge < -0.3 is 18.9 Å². The molecule has 0 bridgehead atoms. The molecule has 9 nitrogen and oxygen atoms in total. The summed E-state index contributed by atoms with van der Waals surface area (Å²) >= 11 is 0. The number of rotatable bonds is 3. The average Bonchev–Trinajstić information content (AvgIpc) is 3.50. The molecule has 2 aromatic heterocycles. The molecule has 2 saturated heterocycles. The molecule has 1 atom stereocenters. The van der Waals surface area contributed by atoms with Gasteiger partial charge in [0.05, 0.1) is 37.1 Å². The Morgan fingerprint density at radius 3 is 2.77 bits per heavy atom. The zero-order valence-electron chi connectivity index (χ0n) is 18.1. The van der Waals surface area contributed by atoms with Gasteiger partial charge in [0, 0.05) is 36.4 Å². The average molecular weight is 425 g/mol. The van der Waals surface area contributed by atoms with Crippen molar-refractivity contribution in [2.75, 3.05) is 26.8 Å². The number of carbonyl (C=O) groups is 1. The Morgan fingerprint density at radius 2 is 2.06 bits per heavy atom. The number of aromatic nitrogens is 4. The third kappa shape index (κ3) is 3.78. The Balaban J connectivity index is 1.36. The number of piperidine rings is 1. The van der Waals surface area contributed by atoms with Crippen LogP contribution in [0, 0.1) is 0 Å². The Kier molecular flexibility index (Phi) is 4.92. The molecule has 5 rings (SSSR count). The molecular weight excluding hydrogens is 398 g/mol. The van der Waals surface area contributed by atoms with E-state index >= 15 is 0 Å². The molecule has 3 aromatic rings. The third-order valence-electron chi connectivity index (χ3n) is 6.32. The summed E-state index contributed by atoms with van der Waals surface area (Å²) in [6.45, 7) is 6.14. The second-order valence-corrected chi connectivity index (χ2v) is 8.98. The summed E-state index contributed by atoms with van der Waals surface area (Å²) in [4.78, 5) is 18.1. The molecule has 4 heterocycles. The van der Waals surface area contributed by atoms with E-state index < -0.39 is 0 Å². The van der Waals surface area contributed by atoms with E-state index in [1.165, 1.54) is 7.11 Å². The summed E-state index contributed by atoms with van der Waals surface area (Å²) in [5.74, 6) is 1.37. The highest BCUT2D eigenvalue weighted by Crippen LogP contribution is 2.35. The second kappa shape index (κ2) is 7.64. The molecule has 1 unspecified atom stereocenters. The van der Waals surface area contributed by atoms with E-state index in [9.17, 15) is 4.79 Å². The van der Waals surface area contributed by atoms with Crippen LogP contribution in [0.15, 0.2) is 28.9 Å². The normalized spacial score (nSPS) is 21.6. The summed E-state index contributed by atoms with van der Waals surface area (Å²) in [5, 5.41) is 9.91. The van der Waals surface area contributed by atoms with Crippen molar-refractivity contribution in [2.45, 2.75) is 50.7 Å². The maximum absolute atomic E-state index is 11.7. The van der Waals surface area contributed by atoms with E-state index in [0.29, 0.717) is 31.4 Å². The van der Waals surface area contributed by atoms with Crippen LogP contribution in [-0.2, 0) is 9.47 Å². The fourth-order valence-corrected chi connectivity index (χ4v) is 4.59. The Bertz CT molecular complexity index is 1100. The topological polar surface area (TPSA) is 95.5 Å². The molecule has 2 aliphatic heterocycles. The summed E-state index contributed by atoms with van der Waals surface area (Å²) in [7, 11) is 1.41. The highest BCUT2D eigenvalue weighted by atomic mass is 16.5. The van der Waals surface area contributed by atoms with Gasteiger partial charge in [-0.05, 0) is 38.8 Å². The van der Waals surface area contributed by atoms with Gasteiger partial charge in [-0.3, -0.25) is 4.68 Å². The molecule has 1 aromatic carbocycles. The van der Waals surface area contributed by atoms with Crippen LogP contribution < -0.4 is 0 Å². The van der Waals surface area contributed by atoms with Gasteiger partial charge in [0.1, 0.15) is 0 Å². The molecular formula is C22H27N5O4. The van der Waals surface area contributed by atoms with Gasteiger partial charge in [0.2, 0.25) is 0 Å². The number of fused-ring (bicyclic) bond motifs is 1. The zero-order chi connectivity index (χ0) is 21.6. The number of ether oxygens (including phenoxy) is 2. The SMILES string of the molecule is COC(=O)N1CCC(c2noc(-c3ccc4cnn(C5COC(C)(C)C5)c4c3)n2)CC1. The highest BCUT2D eigenvalue weighted by Gasteiger charge is 2.34. The smallest absolute Gasteiger partial charge is 0.409 e. The van der Waals surface area contributed by atoms with Crippen molar-refractivity contribution in [1.82, 2.24) is 24.8 Å². The van der Waals surface area contributed by atoms with Crippen LogP contribution in [0.3, 0.4) is 0 Å². The van der Waals surface area contributed by atoms with Crippen molar-refractivity contribution in [2.24, 2.45) is 0 Å². The minimum Gasteiger partial charge on any atom is -0.453 e. The molecule has 9 heteroatoms. The minimum absolute atomic E-state index is 0.134. The monoisotopic (exact) mass is 425 g/mol. The molecule has 2 fully saturated rings. The first-order valence-corrected chi connectivity index (χ1v) is 10.7. The number of hydrogen-bond acceptors (Lipinski definition) is 7. The lowest BCUT2D eigenvalue weighted by atomic mass is 9.96. The number of hydrogen-bond donors (Lipinski definition) is 0. The molecule has 0 saturated carbocycles. The first-order chi connectivity index (χ1) is 14.9. The fraction of sp³-hybridized carbons (Fsp3) is 0.545. The second-order valence-electron chi connectivity index (χ2n) is 8.98. The molecule has 0 radical (unpaired) electrons.